The smallest absolute Gasteiger partial charge is 0.253 e. The van der Waals surface area contributed by atoms with Gasteiger partial charge >= 0.3 is 0 Å². The molecule has 3 heterocycles. The Morgan fingerprint density at radius 3 is 2.57 bits per heavy atom. The van der Waals surface area contributed by atoms with E-state index in [1.807, 2.05) is 0 Å². The number of likely N-dealkylation sites (tertiary alicyclic amines) is 1. The third-order valence-electron chi connectivity index (χ3n) is 6.77. The Kier molecular flexibility index (Phi) is 7.33. The molecule has 1 fully saturated rings. The maximum absolute atomic E-state index is 14.4. The number of anilines is 2. The monoisotopic (exact) mass is 510 g/mol. The number of aryl methyl sites for hydroxylation is 1. The van der Waals surface area contributed by atoms with E-state index in [0.29, 0.717) is 17.9 Å². The number of nitrogens with zero attached hydrogens (tertiary/aromatic N) is 5. The van der Waals surface area contributed by atoms with Gasteiger partial charge in [-0.05, 0) is 60.2 Å². The third kappa shape index (κ3) is 5.07. The second kappa shape index (κ2) is 10.5. The zero-order valence-electron chi connectivity index (χ0n) is 20.8. The first-order chi connectivity index (χ1) is 17.6. The van der Waals surface area contributed by atoms with Gasteiger partial charge in [-0.25, -0.2) is 18.7 Å². The van der Waals surface area contributed by atoms with E-state index in [-0.39, 0.29) is 24.2 Å². The van der Waals surface area contributed by atoms with Crippen LogP contribution in [0, 0.1) is 17.6 Å². The molecule has 0 radical (unpaired) electrons. The molecule has 4 rings (SSSR count). The molecule has 37 heavy (non-hydrogen) atoms. The van der Waals surface area contributed by atoms with Crippen molar-refractivity contribution < 1.29 is 23.2 Å². The molecular formula is C26H28F2N6O3. The zero-order chi connectivity index (χ0) is 26.9. The van der Waals surface area contributed by atoms with Crippen LogP contribution in [0.25, 0.3) is 0 Å². The van der Waals surface area contributed by atoms with Crippen molar-refractivity contribution in [3.63, 3.8) is 0 Å². The molecule has 194 valence electrons. The molecule has 3 amide bonds. The number of benzene rings is 1. The number of hydrogen-bond acceptors (Lipinski definition) is 6. The average Bonchev–Trinajstić information content (AvgIpc) is 3.30. The van der Waals surface area contributed by atoms with E-state index < -0.39 is 47.2 Å². The van der Waals surface area contributed by atoms with E-state index in [2.05, 4.69) is 9.97 Å². The molecule has 0 unspecified atom stereocenters. The molecule has 1 aromatic carbocycles. The van der Waals surface area contributed by atoms with Crippen molar-refractivity contribution in [2.24, 2.45) is 13.0 Å². The van der Waals surface area contributed by atoms with Crippen LogP contribution in [0.3, 0.4) is 0 Å². The van der Waals surface area contributed by atoms with Crippen LogP contribution >= 0.6 is 0 Å². The van der Waals surface area contributed by atoms with Crippen LogP contribution in [0.5, 0.6) is 0 Å². The largest absolute Gasteiger partial charge is 0.384 e. The van der Waals surface area contributed by atoms with Gasteiger partial charge in [0.2, 0.25) is 17.8 Å². The lowest BCUT2D eigenvalue weighted by molar-refractivity contribution is -0.170. The summed E-state index contributed by atoms with van der Waals surface area (Å²) in [5.41, 5.74) is 6.53. The summed E-state index contributed by atoms with van der Waals surface area (Å²) in [4.78, 5) is 50.6. The van der Waals surface area contributed by atoms with Gasteiger partial charge in [0.15, 0.2) is 0 Å². The van der Waals surface area contributed by atoms with Crippen LogP contribution in [0.2, 0.25) is 0 Å². The van der Waals surface area contributed by atoms with E-state index in [1.165, 1.54) is 24.3 Å². The van der Waals surface area contributed by atoms with Gasteiger partial charge < -0.3 is 10.3 Å². The normalized spacial score (nSPS) is 17.9. The molecule has 1 aliphatic rings. The molecule has 0 saturated carbocycles. The number of rotatable bonds is 8. The van der Waals surface area contributed by atoms with Crippen molar-refractivity contribution in [1.82, 2.24) is 19.4 Å². The topological polar surface area (TPSA) is 114 Å². The Balaban J connectivity index is 1.62. The molecule has 3 aromatic rings. The molecule has 0 spiro atoms. The predicted molar refractivity (Wildman–Crippen MR) is 132 cm³/mol. The van der Waals surface area contributed by atoms with Gasteiger partial charge in [-0.3, -0.25) is 24.2 Å². The maximum atomic E-state index is 14.4. The summed E-state index contributed by atoms with van der Waals surface area (Å²) in [5, 5.41) is 0. The summed E-state index contributed by atoms with van der Waals surface area (Å²) in [6.45, 7) is 1.74. The Morgan fingerprint density at radius 2 is 1.92 bits per heavy atom. The molecule has 2 aromatic heterocycles. The first kappa shape index (κ1) is 25.9. The fourth-order valence-corrected chi connectivity index (χ4v) is 4.77. The van der Waals surface area contributed by atoms with E-state index in [9.17, 15) is 23.2 Å². The van der Waals surface area contributed by atoms with Gasteiger partial charge in [-0.15, -0.1) is 0 Å². The van der Waals surface area contributed by atoms with Crippen molar-refractivity contribution in [2.45, 2.75) is 38.1 Å². The molecule has 11 heteroatoms. The Bertz CT molecular complexity index is 1340. The van der Waals surface area contributed by atoms with Crippen LogP contribution in [0.1, 0.15) is 36.8 Å². The van der Waals surface area contributed by atoms with Gasteiger partial charge in [0, 0.05) is 39.1 Å². The van der Waals surface area contributed by atoms with Crippen molar-refractivity contribution in [3.8, 4) is 0 Å². The van der Waals surface area contributed by atoms with E-state index in [4.69, 9.17) is 5.73 Å². The highest BCUT2D eigenvalue weighted by molar-refractivity contribution is 6.12. The van der Waals surface area contributed by atoms with Crippen molar-refractivity contribution in [2.75, 3.05) is 17.7 Å². The number of amides is 3. The molecule has 3 atom stereocenters. The predicted octanol–water partition coefficient (Wildman–Crippen LogP) is 2.82. The van der Waals surface area contributed by atoms with E-state index in [1.54, 1.807) is 36.9 Å². The van der Waals surface area contributed by atoms with Crippen LogP contribution in [-0.2, 0) is 27.9 Å². The number of imidazole rings is 1. The van der Waals surface area contributed by atoms with Crippen molar-refractivity contribution in [1.29, 1.82) is 0 Å². The lowest BCUT2D eigenvalue weighted by Crippen LogP contribution is -2.69. The highest BCUT2D eigenvalue weighted by Crippen LogP contribution is 2.35. The van der Waals surface area contributed by atoms with Gasteiger partial charge in [0.1, 0.15) is 23.5 Å². The molecule has 9 nitrogen and oxygen atoms in total. The van der Waals surface area contributed by atoms with E-state index >= 15 is 0 Å². The number of carbonyl (C=O) groups is 3. The minimum absolute atomic E-state index is 0.0561. The summed E-state index contributed by atoms with van der Waals surface area (Å²) in [6, 6.07) is 5.29. The first-order valence-corrected chi connectivity index (χ1v) is 11.9. The lowest BCUT2D eigenvalue weighted by Gasteiger charge is -2.46. The minimum Gasteiger partial charge on any atom is -0.384 e. The number of imide groups is 1. The molecule has 1 saturated heterocycles. The van der Waals surface area contributed by atoms with Gasteiger partial charge in [0.05, 0.1) is 5.92 Å². The fraction of sp³-hybridized carbons (Fsp3) is 0.346. The number of carbonyl (C=O) groups excluding carboxylic acids is 3. The number of aromatic nitrogens is 3. The SMILES string of the molecule is CC[C@@H](CC(=O)N1C(=O)[C@H](Cc2ccnc(N)c2)[C@H]1C(=O)N(C)c1nccn1C)c1cc(F)ccc1F. The average molecular weight is 511 g/mol. The van der Waals surface area contributed by atoms with Gasteiger partial charge in [-0.1, -0.05) is 6.92 Å². The van der Waals surface area contributed by atoms with E-state index in [0.717, 1.165) is 23.1 Å². The Hall–Kier alpha value is -4.15. The molecule has 2 N–H and O–H groups in total. The lowest BCUT2D eigenvalue weighted by atomic mass is 9.80. The highest BCUT2D eigenvalue weighted by Gasteiger charge is 2.55. The molecular weight excluding hydrogens is 482 g/mol. The second-order valence-corrected chi connectivity index (χ2v) is 9.16. The molecule has 0 bridgehead atoms. The Labute approximate surface area is 212 Å². The second-order valence-electron chi connectivity index (χ2n) is 9.16. The number of likely N-dealkylation sites (N-methyl/N-ethyl adjacent to an activating group) is 1. The quantitative estimate of drug-likeness (QED) is 0.466. The molecule has 0 aliphatic carbocycles. The van der Waals surface area contributed by atoms with Crippen LogP contribution < -0.4 is 10.6 Å². The van der Waals surface area contributed by atoms with Gasteiger partial charge in [-0.2, -0.15) is 0 Å². The number of pyridine rings is 1. The minimum atomic E-state index is -1.09. The number of halogens is 2. The summed E-state index contributed by atoms with van der Waals surface area (Å²) < 4.78 is 29.9. The number of hydrogen-bond donors (Lipinski definition) is 1. The fourth-order valence-electron chi connectivity index (χ4n) is 4.77. The number of nitrogens with two attached hydrogens (primary N) is 1. The van der Waals surface area contributed by atoms with Crippen molar-refractivity contribution in [3.05, 3.63) is 71.7 Å². The van der Waals surface area contributed by atoms with Crippen LogP contribution in [-0.4, -0.2) is 50.2 Å². The summed E-state index contributed by atoms with van der Waals surface area (Å²) >= 11 is 0. The highest BCUT2D eigenvalue weighted by atomic mass is 19.1. The standard InChI is InChI=1S/C26H28F2N6O3/c1-4-16(18-14-17(27)5-6-20(18)28)13-22(35)34-23(25(37)33(3)26-31-9-10-32(26)2)19(24(34)36)11-15-7-8-30-21(29)12-15/h5-10,12,14,16,19,23H,4,11,13H2,1-3H3,(H2,29,30)/t16-,19+,23-/m0/s1. The summed E-state index contributed by atoms with van der Waals surface area (Å²) in [5.74, 6) is -3.75. The summed E-state index contributed by atoms with van der Waals surface area (Å²) in [6.07, 6.45) is 4.96. The molecule has 1 aliphatic heterocycles. The van der Waals surface area contributed by atoms with Crippen LogP contribution in [0.15, 0.2) is 48.9 Å². The summed E-state index contributed by atoms with van der Waals surface area (Å²) in [7, 11) is 3.24. The van der Waals surface area contributed by atoms with Gasteiger partial charge in [0.25, 0.3) is 5.91 Å². The zero-order valence-corrected chi connectivity index (χ0v) is 20.8. The first-order valence-electron chi connectivity index (χ1n) is 11.9. The van der Waals surface area contributed by atoms with Crippen molar-refractivity contribution >= 4 is 29.5 Å². The number of nitrogen functional groups attached to an aromatic ring is 1. The van der Waals surface area contributed by atoms with Crippen LogP contribution in [0.4, 0.5) is 20.5 Å². The third-order valence-corrected chi connectivity index (χ3v) is 6.77. The maximum Gasteiger partial charge on any atom is 0.253 e. The number of β-lactam (4-membered cyclic amide) rings is 1. The Morgan fingerprint density at radius 1 is 1.16 bits per heavy atom.